The standard InChI is InChI=1S/C20H31N7S.HI/c1-17(15-18-5-3-14-28-18)16-25-19(21-2)22-8-9-26-10-12-27(13-11-26)20-23-6-4-7-24-20;/h3-7,14,17H,8-13,15-16H2,1-2H3,(H2,21,22,25);1H. The number of aromatic nitrogens is 2. The second-order valence-corrected chi connectivity index (χ2v) is 8.18. The van der Waals surface area contributed by atoms with Crippen molar-refractivity contribution in [2.24, 2.45) is 10.9 Å². The van der Waals surface area contributed by atoms with Gasteiger partial charge in [-0.2, -0.15) is 0 Å². The second kappa shape index (κ2) is 13.0. The maximum Gasteiger partial charge on any atom is 0.225 e. The van der Waals surface area contributed by atoms with Gasteiger partial charge in [0.15, 0.2) is 5.96 Å². The first-order valence-corrected chi connectivity index (χ1v) is 10.8. The number of guanidine groups is 1. The van der Waals surface area contributed by atoms with Gasteiger partial charge < -0.3 is 15.5 Å². The predicted octanol–water partition coefficient (Wildman–Crippen LogP) is 2.32. The summed E-state index contributed by atoms with van der Waals surface area (Å²) in [7, 11) is 1.83. The molecule has 0 saturated carbocycles. The van der Waals surface area contributed by atoms with E-state index in [0.29, 0.717) is 5.92 Å². The third-order valence-corrected chi connectivity index (χ3v) is 5.80. The zero-order chi connectivity index (χ0) is 19.6. The maximum atomic E-state index is 4.35. The van der Waals surface area contributed by atoms with Crippen LogP contribution in [0.15, 0.2) is 41.0 Å². The average Bonchev–Trinajstić information content (AvgIpc) is 3.24. The van der Waals surface area contributed by atoms with Gasteiger partial charge in [0.25, 0.3) is 0 Å². The molecular formula is C20H32IN7S. The summed E-state index contributed by atoms with van der Waals surface area (Å²) >= 11 is 1.83. The van der Waals surface area contributed by atoms with Crippen LogP contribution in [0.1, 0.15) is 11.8 Å². The van der Waals surface area contributed by atoms with Crippen LogP contribution in [0.5, 0.6) is 0 Å². The van der Waals surface area contributed by atoms with Gasteiger partial charge in [-0.25, -0.2) is 9.97 Å². The van der Waals surface area contributed by atoms with E-state index in [9.17, 15) is 0 Å². The highest BCUT2D eigenvalue weighted by molar-refractivity contribution is 14.0. The number of piperazine rings is 1. The van der Waals surface area contributed by atoms with Gasteiger partial charge in [0.05, 0.1) is 0 Å². The fourth-order valence-corrected chi connectivity index (χ4v) is 4.16. The van der Waals surface area contributed by atoms with Crippen LogP contribution in [-0.2, 0) is 6.42 Å². The van der Waals surface area contributed by atoms with Crippen LogP contribution in [0.2, 0.25) is 0 Å². The lowest BCUT2D eigenvalue weighted by Crippen LogP contribution is -2.50. The Balaban J connectivity index is 0.00000300. The van der Waals surface area contributed by atoms with Crippen LogP contribution < -0.4 is 15.5 Å². The lowest BCUT2D eigenvalue weighted by Gasteiger charge is -2.34. The minimum Gasteiger partial charge on any atom is -0.356 e. The highest BCUT2D eigenvalue weighted by atomic mass is 127. The SMILES string of the molecule is CN=C(NCCN1CCN(c2ncccn2)CC1)NCC(C)Cc1cccs1.I. The number of rotatable bonds is 8. The molecule has 0 bridgehead atoms. The van der Waals surface area contributed by atoms with Crippen LogP contribution in [0.4, 0.5) is 5.95 Å². The minimum atomic E-state index is 0. The Morgan fingerprint density at radius 1 is 1.17 bits per heavy atom. The molecule has 2 aromatic heterocycles. The smallest absolute Gasteiger partial charge is 0.225 e. The van der Waals surface area contributed by atoms with Crippen molar-refractivity contribution in [3.05, 3.63) is 40.8 Å². The molecule has 2 aromatic rings. The highest BCUT2D eigenvalue weighted by Crippen LogP contribution is 2.13. The quantitative estimate of drug-likeness (QED) is 0.311. The molecule has 1 saturated heterocycles. The largest absolute Gasteiger partial charge is 0.356 e. The van der Waals surface area contributed by atoms with E-state index < -0.39 is 0 Å². The van der Waals surface area contributed by atoms with Gasteiger partial charge in [-0.15, -0.1) is 35.3 Å². The van der Waals surface area contributed by atoms with Crippen molar-refractivity contribution in [3.8, 4) is 0 Å². The Bertz CT molecular complexity index is 703. The van der Waals surface area contributed by atoms with E-state index in [1.807, 2.05) is 24.5 Å². The van der Waals surface area contributed by atoms with Crippen LogP contribution in [0, 0.1) is 5.92 Å². The summed E-state index contributed by atoms with van der Waals surface area (Å²) in [6.45, 7) is 9.10. The van der Waals surface area contributed by atoms with Crippen molar-refractivity contribution < 1.29 is 0 Å². The number of aliphatic imine (C=N–C) groups is 1. The van der Waals surface area contributed by atoms with E-state index in [1.165, 1.54) is 4.88 Å². The Kier molecular flexibility index (Phi) is 10.6. The summed E-state index contributed by atoms with van der Waals surface area (Å²) in [5, 5.41) is 9.03. The zero-order valence-electron chi connectivity index (χ0n) is 17.3. The summed E-state index contributed by atoms with van der Waals surface area (Å²) in [6, 6.07) is 6.18. The van der Waals surface area contributed by atoms with Crippen LogP contribution in [0.3, 0.4) is 0 Å². The topological polar surface area (TPSA) is 68.7 Å². The lowest BCUT2D eigenvalue weighted by molar-refractivity contribution is 0.260. The molecule has 3 rings (SSSR count). The van der Waals surface area contributed by atoms with E-state index in [2.05, 4.69) is 59.8 Å². The molecule has 0 spiro atoms. The van der Waals surface area contributed by atoms with Crippen LogP contribution in [0.25, 0.3) is 0 Å². The molecule has 29 heavy (non-hydrogen) atoms. The zero-order valence-corrected chi connectivity index (χ0v) is 20.4. The van der Waals surface area contributed by atoms with Crippen molar-refractivity contribution >= 4 is 47.2 Å². The van der Waals surface area contributed by atoms with Gasteiger partial charge in [-0.05, 0) is 29.9 Å². The molecule has 1 aliphatic heterocycles. The molecule has 0 aromatic carbocycles. The van der Waals surface area contributed by atoms with E-state index in [4.69, 9.17) is 0 Å². The van der Waals surface area contributed by atoms with Crippen molar-refractivity contribution in [3.63, 3.8) is 0 Å². The van der Waals surface area contributed by atoms with Crippen LogP contribution >= 0.6 is 35.3 Å². The molecule has 0 amide bonds. The van der Waals surface area contributed by atoms with Gasteiger partial charge >= 0.3 is 0 Å². The van der Waals surface area contributed by atoms with E-state index in [0.717, 1.165) is 64.1 Å². The summed E-state index contributed by atoms with van der Waals surface area (Å²) in [5.74, 6) is 2.29. The van der Waals surface area contributed by atoms with E-state index in [1.54, 1.807) is 12.4 Å². The molecule has 1 aliphatic rings. The molecular weight excluding hydrogens is 497 g/mol. The Morgan fingerprint density at radius 3 is 2.59 bits per heavy atom. The van der Waals surface area contributed by atoms with Gasteiger partial charge in [-0.1, -0.05) is 13.0 Å². The lowest BCUT2D eigenvalue weighted by atomic mass is 10.1. The molecule has 7 nitrogen and oxygen atoms in total. The normalized spacial score (nSPS) is 16.2. The Morgan fingerprint density at radius 2 is 1.93 bits per heavy atom. The number of thiophene rings is 1. The second-order valence-electron chi connectivity index (χ2n) is 7.15. The first-order chi connectivity index (χ1) is 13.7. The highest BCUT2D eigenvalue weighted by Gasteiger charge is 2.18. The number of nitrogens with one attached hydrogen (secondary N) is 2. The summed E-state index contributed by atoms with van der Waals surface area (Å²) in [5.41, 5.74) is 0. The van der Waals surface area contributed by atoms with E-state index in [-0.39, 0.29) is 24.0 Å². The van der Waals surface area contributed by atoms with Gasteiger partial charge in [0.1, 0.15) is 0 Å². The Hall–Kier alpha value is -1.46. The number of hydrogen-bond donors (Lipinski definition) is 2. The molecule has 1 atom stereocenters. The maximum absolute atomic E-state index is 4.35. The first-order valence-electron chi connectivity index (χ1n) is 9.96. The van der Waals surface area contributed by atoms with Gasteiger partial charge in [0, 0.05) is 70.1 Å². The Labute approximate surface area is 195 Å². The number of anilines is 1. The van der Waals surface area contributed by atoms with Crippen molar-refractivity contribution in [2.75, 3.05) is 57.8 Å². The van der Waals surface area contributed by atoms with Gasteiger partial charge in [0.2, 0.25) is 5.95 Å². The van der Waals surface area contributed by atoms with Crippen molar-refractivity contribution in [1.29, 1.82) is 0 Å². The predicted molar refractivity (Wildman–Crippen MR) is 133 cm³/mol. The molecule has 2 N–H and O–H groups in total. The van der Waals surface area contributed by atoms with E-state index >= 15 is 0 Å². The monoisotopic (exact) mass is 529 g/mol. The molecule has 1 unspecified atom stereocenters. The summed E-state index contributed by atoms with van der Waals surface area (Å²) in [4.78, 5) is 19.2. The fraction of sp³-hybridized carbons (Fsp3) is 0.550. The molecule has 9 heteroatoms. The van der Waals surface area contributed by atoms with Gasteiger partial charge in [-0.3, -0.25) is 9.89 Å². The summed E-state index contributed by atoms with van der Waals surface area (Å²) < 4.78 is 0. The third kappa shape index (κ3) is 8.06. The number of halogens is 1. The molecule has 160 valence electrons. The van der Waals surface area contributed by atoms with Crippen molar-refractivity contribution in [2.45, 2.75) is 13.3 Å². The number of nitrogens with zero attached hydrogens (tertiary/aromatic N) is 5. The first kappa shape index (κ1) is 23.8. The number of hydrogen-bond acceptors (Lipinski definition) is 6. The van der Waals surface area contributed by atoms with Crippen molar-refractivity contribution in [1.82, 2.24) is 25.5 Å². The van der Waals surface area contributed by atoms with Crippen LogP contribution in [-0.4, -0.2) is 73.7 Å². The average molecular weight is 529 g/mol. The minimum absolute atomic E-state index is 0. The molecule has 0 radical (unpaired) electrons. The molecule has 0 aliphatic carbocycles. The fourth-order valence-electron chi connectivity index (χ4n) is 3.29. The summed E-state index contributed by atoms with van der Waals surface area (Å²) in [6.07, 6.45) is 4.72. The molecule has 1 fully saturated rings. The third-order valence-electron chi connectivity index (χ3n) is 4.90. The molecule has 3 heterocycles.